The number of carbonyl (C=O) groups is 1. The fourth-order valence-corrected chi connectivity index (χ4v) is 4.51. The van der Waals surface area contributed by atoms with Crippen LogP contribution in [-0.4, -0.2) is 41.2 Å². The summed E-state index contributed by atoms with van der Waals surface area (Å²) in [4.78, 5) is 22.7. The van der Waals surface area contributed by atoms with Gasteiger partial charge in [-0.25, -0.2) is 9.48 Å². The highest BCUT2D eigenvalue weighted by Gasteiger charge is 2.31. The number of aryl methyl sites for hydroxylation is 1. The first kappa shape index (κ1) is 23.1. The van der Waals surface area contributed by atoms with E-state index in [0.29, 0.717) is 25.6 Å². The van der Waals surface area contributed by atoms with Crippen molar-refractivity contribution in [3.63, 3.8) is 0 Å². The normalized spacial score (nSPS) is 18.8. The SMILES string of the molecule is Cn1cc(Nc2cc(C3CC[C@H](OC(N)=O)C3)n(COCC[Si](C)(C)C)n2)ccc1=O. The average molecular weight is 448 g/mol. The van der Waals surface area contributed by atoms with Gasteiger partial charge in [-0.2, -0.15) is 5.10 Å². The van der Waals surface area contributed by atoms with E-state index in [1.54, 1.807) is 19.3 Å². The average Bonchev–Trinajstić information content (AvgIpc) is 3.27. The summed E-state index contributed by atoms with van der Waals surface area (Å²) in [6.45, 7) is 8.04. The van der Waals surface area contributed by atoms with Crippen LogP contribution in [0.2, 0.25) is 25.7 Å². The predicted molar refractivity (Wildman–Crippen MR) is 122 cm³/mol. The van der Waals surface area contributed by atoms with Crippen molar-refractivity contribution in [1.29, 1.82) is 0 Å². The number of hydrogen-bond donors (Lipinski definition) is 2. The lowest BCUT2D eigenvalue weighted by molar-refractivity contribution is 0.0753. The Kier molecular flexibility index (Phi) is 7.21. The molecule has 0 aromatic carbocycles. The number of pyridine rings is 1. The summed E-state index contributed by atoms with van der Waals surface area (Å²) < 4.78 is 14.5. The van der Waals surface area contributed by atoms with Gasteiger partial charge in [-0.05, 0) is 31.4 Å². The van der Waals surface area contributed by atoms with Crippen LogP contribution >= 0.6 is 0 Å². The highest BCUT2D eigenvalue weighted by molar-refractivity contribution is 6.76. The molecule has 0 saturated heterocycles. The molecule has 170 valence electrons. The highest BCUT2D eigenvalue weighted by atomic mass is 28.3. The maximum atomic E-state index is 11.6. The van der Waals surface area contributed by atoms with Gasteiger partial charge in [-0.3, -0.25) is 4.79 Å². The van der Waals surface area contributed by atoms with Gasteiger partial charge in [0.25, 0.3) is 0 Å². The number of nitrogens with two attached hydrogens (primary N) is 1. The number of primary amides is 1. The molecule has 3 rings (SSSR count). The van der Waals surface area contributed by atoms with E-state index in [4.69, 9.17) is 20.3 Å². The standard InChI is InChI=1S/C21H33N5O4Si/c1-25-13-16(6-8-20(25)27)23-19-12-18(15-5-7-17(11-15)30-21(22)28)26(24-19)14-29-9-10-31(2,3)4/h6,8,12-13,15,17H,5,7,9-11,14H2,1-4H3,(H2,22,28)(H,23,24)/t15?,17-/m0/s1. The molecule has 2 heterocycles. The Morgan fingerprint density at radius 3 is 2.77 bits per heavy atom. The van der Waals surface area contributed by atoms with Gasteiger partial charge in [0.1, 0.15) is 12.8 Å². The molecule has 1 saturated carbocycles. The molecule has 31 heavy (non-hydrogen) atoms. The first-order chi connectivity index (χ1) is 14.6. The second kappa shape index (κ2) is 9.69. The van der Waals surface area contributed by atoms with E-state index in [1.165, 1.54) is 10.6 Å². The second-order valence-electron chi connectivity index (χ2n) is 9.36. The van der Waals surface area contributed by atoms with Gasteiger partial charge in [0.15, 0.2) is 5.82 Å². The van der Waals surface area contributed by atoms with Gasteiger partial charge in [-0.15, -0.1) is 0 Å². The van der Waals surface area contributed by atoms with Gasteiger partial charge in [0.05, 0.1) is 5.69 Å². The highest BCUT2D eigenvalue weighted by Crippen LogP contribution is 2.37. The molecule has 1 fully saturated rings. The molecule has 2 atom stereocenters. The van der Waals surface area contributed by atoms with Crippen molar-refractivity contribution in [2.45, 2.75) is 63.7 Å². The Morgan fingerprint density at radius 2 is 2.10 bits per heavy atom. The number of carbonyl (C=O) groups excluding carboxylic acids is 1. The molecule has 1 aliphatic rings. The number of rotatable bonds is 9. The fraction of sp³-hybridized carbons (Fsp3) is 0.571. The van der Waals surface area contributed by atoms with Crippen LogP contribution < -0.4 is 16.6 Å². The summed E-state index contributed by atoms with van der Waals surface area (Å²) >= 11 is 0. The number of anilines is 2. The molecule has 0 bridgehead atoms. The minimum absolute atomic E-state index is 0.0704. The molecule has 9 nitrogen and oxygen atoms in total. The minimum atomic E-state index is -1.17. The van der Waals surface area contributed by atoms with Crippen LogP contribution in [0.15, 0.2) is 29.2 Å². The molecule has 2 aromatic heterocycles. The lowest BCUT2D eigenvalue weighted by Gasteiger charge is -2.17. The first-order valence-electron chi connectivity index (χ1n) is 10.7. The number of nitrogens with zero attached hydrogens (tertiary/aromatic N) is 3. The molecule has 0 spiro atoms. The van der Waals surface area contributed by atoms with E-state index < -0.39 is 14.2 Å². The molecule has 0 aliphatic heterocycles. The quantitative estimate of drug-likeness (QED) is 0.450. The number of ether oxygens (including phenoxy) is 2. The fourth-order valence-electron chi connectivity index (χ4n) is 3.75. The zero-order valence-electron chi connectivity index (χ0n) is 18.8. The number of nitrogens with one attached hydrogen (secondary N) is 1. The Balaban J connectivity index is 1.75. The smallest absolute Gasteiger partial charge is 0.404 e. The molecule has 1 amide bonds. The molecular weight excluding hydrogens is 414 g/mol. The number of aromatic nitrogens is 3. The molecule has 10 heteroatoms. The van der Waals surface area contributed by atoms with Crippen molar-refractivity contribution < 1.29 is 14.3 Å². The number of hydrogen-bond acceptors (Lipinski definition) is 6. The second-order valence-corrected chi connectivity index (χ2v) is 15.0. The Morgan fingerprint density at radius 1 is 1.32 bits per heavy atom. The van der Waals surface area contributed by atoms with Gasteiger partial charge in [-0.1, -0.05) is 19.6 Å². The van der Waals surface area contributed by atoms with Crippen LogP contribution in [0.3, 0.4) is 0 Å². The minimum Gasteiger partial charge on any atom is -0.446 e. The van der Waals surface area contributed by atoms with Crippen LogP contribution in [0, 0.1) is 0 Å². The van der Waals surface area contributed by atoms with Crippen LogP contribution in [0.1, 0.15) is 30.9 Å². The zero-order valence-corrected chi connectivity index (χ0v) is 19.8. The van der Waals surface area contributed by atoms with E-state index in [-0.39, 0.29) is 17.6 Å². The summed E-state index contributed by atoms with van der Waals surface area (Å²) in [7, 11) is 0.539. The maximum Gasteiger partial charge on any atom is 0.404 e. The lowest BCUT2D eigenvalue weighted by atomic mass is 10.0. The van der Waals surface area contributed by atoms with E-state index in [1.807, 2.05) is 10.7 Å². The summed E-state index contributed by atoms with van der Waals surface area (Å²) in [6, 6.07) is 6.34. The van der Waals surface area contributed by atoms with E-state index in [2.05, 4.69) is 25.0 Å². The predicted octanol–water partition coefficient (Wildman–Crippen LogP) is 3.37. The number of amides is 1. The van der Waals surface area contributed by atoms with Crippen molar-refractivity contribution >= 4 is 25.7 Å². The molecule has 0 radical (unpaired) electrons. The summed E-state index contributed by atoms with van der Waals surface area (Å²) in [5.41, 5.74) is 6.93. The molecular formula is C21H33N5O4Si. The van der Waals surface area contributed by atoms with Gasteiger partial charge in [0.2, 0.25) is 5.56 Å². The Bertz CT molecular complexity index is 965. The summed E-state index contributed by atoms with van der Waals surface area (Å²) in [6.07, 6.45) is 3.21. The van der Waals surface area contributed by atoms with Crippen LogP contribution in [0.5, 0.6) is 0 Å². The Hall–Kier alpha value is -2.59. The monoisotopic (exact) mass is 447 g/mol. The largest absolute Gasteiger partial charge is 0.446 e. The Labute approximate surface area is 183 Å². The lowest BCUT2D eigenvalue weighted by Crippen LogP contribution is -2.22. The van der Waals surface area contributed by atoms with Crippen molar-refractivity contribution in [3.8, 4) is 0 Å². The molecule has 1 aliphatic carbocycles. The maximum absolute atomic E-state index is 11.6. The third-order valence-corrected chi connectivity index (χ3v) is 7.17. The molecule has 1 unspecified atom stereocenters. The molecule has 3 N–H and O–H groups in total. The van der Waals surface area contributed by atoms with E-state index in [0.717, 1.165) is 30.3 Å². The van der Waals surface area contributed by atoms with E-state index in [9.17, 15) is 9.59 Å². The first-order valence-corrected chi connectivity index (χ1v) is 14.4. The van der Waals surface area contributed by atoms with Gasteiger partial charge in [0, 0.05) is 51.7 Å². The van der Waals surface area contributed by atoms with Gasteiger partial charge < -0.3 is 25.1 Å². The van der Waals surface area contributed by atoms with Gasteiger partial charge >= 0.3 is 6.09 Å². The summed E-state index contributed by atoms with van der Waals surface area (Å²) in [5.74, 6) is 0.884. The molecule has 2 aromatic rings. The van der Waals surface area contributed by atoms with Crippen LogP contribution in [-0.2, 0) is 23.3 Å². The van der Waals surface area contributed by atoms with Crippen molar-refractivity contribution in [2.24, 2.45) is 12.8 Å². The zero-order chi connectivity index (χ0) is 22.6. The van der Waals surface area contributed by atoms with E-state index >= 15 is 0 Å². The van der Waals surface area contributed by atoms with Crippen LogP contribution in [0.4, 0.5) is 16.3 Å². The topological polar surface area (TPSA) is 113 Å². The van der Waals surface area contributed by atoms with Crippen molar-refractivity contribution in [2.75, 3.05) is 11.9 Å². The third kappa shape index (κ3) is 6.69. The van der Waals surface area contributed by atoms with Crippen LogP contribution in [0.25, 0.3) is 0 Å². The third-order valence-electron chi connectivity index (χ3n) is 5.46. The summed E-state index contributed by atoms with van der Waals surface area (Å²) in [5, 5.41) is 7.96. The van der Waals surface area contributed by atoms with Crippen molar-refractivity contribution in [3.05, 3.63) is 40.4 Å². The van der Waals surface area contributed by atoms with Crippen molar-refractivity contribution in [1.82, 2.24) is 14.3 Å².